The summed E-state index contributed by atoms with van der Waals surface area (Å²) in [7, 11) is -4.32. The summed E-state index contributed by atoms with van der Waals surface area (Å²) in [6, 6.07) is 15.6. The van der Waals surface area contributed by atoms with Crippen molar-refractivity contribution >= 4 is 34.4 Å². The monoisotopic (exact) mass is 314 g/mol. The highest BCUT2D eigenvalue weighted by Gasteiger charge is 2.24. The van der Waals surface area contributed by atoms with Gasteiger partial charge in [0.25, 0.3) is 0 Å². The summed E-state index contributed by atoms with van der Waals surface area (Å²) in [5.41, 5.74) is 0.762. The highest BCUT2D eigenvalue weighted by atomic mass is 31.2. The average molecular weight is 314 g/mol. The van der Waals surface area contributed by atoms with Gasteiger partial charge in [-0.25, -0.2) is 0 Å². The third-order valence-electron chi connectivity index (χ3n) is 4.03. The third kappa shape index (κ3) is 2.80. The number of rotatable bonds is 4. The standard InChI is InChI=1S/C18H19O3P/c1-2-3-6-13-9-10-16-11-14-7-4-5-8-15(14)12-17(16)18(13)22(19,20)21/h4-5,7-12H,2-3,6H2,1H3,(H2,19,20,21). The van der Waals surface area contributed by atoms with E-state index in [1.165, 1.54) is 0 Å². The predicted molar refractivity (Wildman–Crippen MR) is 91.7 cm³/mol. The van der Waals surface area contributed by atoms with Gasteiger partial charge in [-0.3, -0.25) is 4.57 Å². The molecule has 0 aliphatic carbocycles. The van der Waals surface area contributed by atoms with Crippen molar-refractivity contribution in [3.63, 3.8) is 0 Å². The molecule has 0 spiro atoms. The van der Waals surface area contributed by atoms with Crippen LogP contribution in [0.3, 0.4) is 0 Å². The summed E-state index contributed by atoms with van der Waals surface area (Å²) in [5.74, 6) is 0. The first-order valence-corrected chi connectivity index (χ1v) is 9.12. The lowest BCUT2D eigenvalue weighted by molar-refractivity contribution is 0.387. The van der Waals surface area contributed by atoms with Crippen molar-refractivity contribution in [3.8, 4) is 0 Å². The highest BCUT2D eigenvalue weighted by Crippen LogP contribution is 2.39. The molecule has 0 unspecified atom stereocenters. The number of hydrogen-bond acceptors (Lipinski definition) is 1. The number of fused-ring (bicyclic) bond motifs is 2. The molecule has 3 nitrogen and oxygen atoms in total. The number of unbranched alkanes of at least 4 members (excludes halogenated alkanes) is 1. The molecule has 3 rings (SSSR count). The molecule has 0 aromatic heterocycles. The fourth-order valence-corrected chi connectivity index (χ4v) is 4.02. The molecule has 0 saturated carbocycles. The van der Waals surface area contributed by atoms with E-state index < -0.39 is 7.60 Å². The maximum absolute atomic E-state index is 12.1. The van der Waals surface area contributed by atoms with E-state index in [0.717, 1.165) is 34.6 Å². The van der Waals surface area contributed by atoms with Crippen molar-refractivity contribution in [2.45, 2.75) is 26.2 Å². The fraction of sp³-hybridized carbons (Fsp3) is 0.222. The van der Waals surface area contributed by atoms with E-state index >= 15 is 0 Å². The Bertz CT molecular complexity index is 880. The first-order chi connectivity index (χ1) is 10.5. The van der Waals surface area contributed by atoms with Crippen molar-refractivity contribution in [2.24, 2.45) is 0 Å². The van der Waals surface area contributed by atoms with Gasteiger partial charge in [0.1, 0.15) is 0 Å². The van der Waals surface area contributed by atoms with E-state index in [9.17, 15) is 14.4 Å². The van der Waals surface area contributed by atoms with Gasteiger partial charge in [-0.05, 0) is 52.1 Å². The first-order valence-electron chi connectivity index (χ1n) is 7.51. The lowest BCUT2D eigenvalue weighted by Gasteiger charge is -2.15. The maximum Gasteiger partial charge on any atom is 0.357 e. The van der Waals surface area contributed by atoms with Crippen LogP contribution in [0.15, 0.2) is 48.5 Å². The largest absolute Gasteiger partial charge is 0.357 e. The summed E-state index contributed by atoms with van der Waals surface area (Å²) in [5, 5.41) is 3.81. The molecule has 0 heterocycles. The van der Waals surface area contributed by atoms with Crippen molar-refractivity contribution in [1.29, 1.82) is 0 Å². The topological polar surface area (TPSA) is 57.5 Å². The minimum atomic E-state index is -4.32. The zero-order chi connectivity index (χ0) is 15.7. The van der Waals surface area contributed by atoms with E-state index in [1.807, 2.05) is 48.5 Å². The molecule has 0 fully saturated rings. The second-order valence-corrected chi connectivity index (χ2v) is 7.18. The molecule has 0 bridgehead atoms. The molecule has 114 valence electrons. The van der Waals surface area contributed by atoms with Crippen LogP contribution in [0.2, 0.25) is 0 Å². The Hall–Kier alpha value is -1.67. The highest BCUT2D eigenvalue weighted by molar-refractivity contribution is 7.61. The van der Waals surface area contributed by atoms with Crippen molar-refractivity contribution in [1.82, 2.24) is 0 Å². The molecule has 0 aliphatic rings. The van der Waals surface area contributed by atoms with E-state index in [-0.39, 0.29) is 5.30 Å². The smallest absolute Gasteiger partial charge is 0.321 e. The summed E-state index contributed by atoms with van der Waals surface area (Å²) in [6.45, 7) is 2.08. The second-order valence-electron chi connectivity index (χ2n) is 5.64. The molecule has 0 amide bonds. The Balaban J connectivity index is 2.34. The van der Waals surface area contributed by atoms with Gasteiger partial charge in [0, 0.05) is 0 Å². The van der Waals surface area contributed by atoms with Gasteiger partial charge in [-0.15, -0.1) is 0 Å². The van der Waals surface area contributed by atoms with Crippen molar-refractivity contribution in [2.75, 3.05) is 0 Å². The zero-order valence-electron chi connectivity index (χ0n) is 12.5. The molecule has 0 radical (unpaired) electrons. The van der Waals surface area contributed by atoms with E-state index in [2.05, 4.69) is 6.92 Å². The fourth-order valence-electron chi connectivity index (χ4n) is 2.96. The van der Waals surface area contributed by atoms with Crippen LogP contribution in [0.5, 0.6) is 0 Å². The number of benzene rings is 3. The Morgan fingerprint density at radius 1 is 0.955 bits per heavy atom. The van der Waals surface area contributed by atoms with Gasteiger partial charge in [0.15, 0.2) is 0 Å². The van der Waals surface area contributed by atoms with Gasteiger partial charge >= 0.3 is 7.60 Å². The van der Waals surface area contributed by atoms with Gasteiger partial charge in [-0.2, -0.15) is 0 Å². The summed E-state index contributed by atoms with van der Waals surface area (Å²) in [4.78, 5) is 19.7. The van der Waals surface area contributed by atoms with Gasteiger partial charge in [0.05, 0.1) is 5.30 Å². The molecular formula is C18H19O3P. The second kappa shape index (κ2) is 5.85. The van der Waals surface area contributed by atoms with Gasteiger partial charge in [-0.1, -0.05) is 49.7 Å². The van der Waals surface area contributed by atoms with Crippen LogP contribution in [-0.2, 0) is 11.0 Å². The average Bonchev–Trinajstić information content (AvgIpc) is 2.49. The predicted octanol–water partition coefficient (Wildman–Crippen LogP) is 4.14. The molecule has 0 aliphatic heterocycles. The van der Waals surface area contributed by atoms with Crippen LogP contribution in [0.25, 0.3) is 21.5 Å². The molecular weight excluding hydrogens is 295 g/mol. The Labute approximate surface area is 129 Å². The maximum atomic E-state index is 12.1. The van der Waals surface area contributed by atoms with Crippen LogP contribution < -0.4 is 5.30 Å². The quantitative estimate of drug-likeness (QED) is 0.562. The number of hydrogen-bond donors (Lipinski definition) is 2. The Kier molecular flexibility index (Phi) is 4.05. The summed E-state index contributed by atoms with van der Waals surface area (Å²) in [6.07, 6.45) is 2.61. The van der Waals surface area contributed by atoms with Crippen LogP contribution >= 0.6 is 7.60 Å². The zero-order valence-corrected chi connectivity index (χ0v) is 13.4. The molecule has 4 heteroatoms. The molecule has 22 heavy (non-hydrogen) atoms. The SMILES string of the molecule is CCCCc1ccc2cc3ccccc3cc2c1P(=O)(O)O. The molecule has 3 aromatic rings. The third-order valence-corrected chi connectivity index (χ3v) is 5.14. The Morgan fingerprint density at radius 3 is 2.27 bits per heavy atom. The van der Waals surface area contributed by atoms with Gasteiger partial charge < -0.3 is 9.79 Å². The lowest BCUT2D eigenvalue weighted by atomic mass is 9.99. The first kappa shape index (κ1) is 15.2. The lowest BCUT2D eigenvalue weighted by Crippen LogP contribution is -2.12. The molecule has 2 N–H and O–H groups in total. The van der Waals surface area contributed by atoms with E-state index in [0.29, 0.717) is 11.8 Å². The minimum absolute atomic E-state index is 0.198. The van der Waals surface area contributed by atoms with Gasteiger partial charge in [0.2, 0.25) is 0 Å². The minimum Gasteiger partial charge on any atom is -0.321 e. The van der Waals surface area contributed by atoms with E-state index in [1.54, 1.807) is 0 Å². The molecule has 0 saturated heterocycles. The Morgan fingerprint density at radius 2 is 1.64 bits per heavy atom. The molecule has 3 aromatic carbocycles. The van der Waals surface area contributed by atoms with Crippen LogP contribution in [0.4, 0.5) is 0 Å². The van der Waals surface area contributed by atoms with Crippen molar-refractivity contribution in [3.05, 3.63) is 54.1 Å². The van der Waals surface area contributed by atoms with E-state index in [4.69, 9.17) is 0 Å². The van der Waals surface area contributed by atoms with Crippen LogP contribution in [0.1, 0.15) is 25.3 Å². The molecule has 0 atom stereocenters. The summed E-state index contributed by atoms with van der Waals surface area (Å²) >= 11 is 0. The van der Waals surface area contributed by atoms with Crippen LogP contribution in [-0.4, -0.2) is 9.79 Å². The summed E-state index contributed by atoms with van der Waals surface area (Å²) < 4.78 is 12.1. The van der Waals surface area contributed by atoms with Crippen LogP contribution in [0, 0.1) is 0 Å². The van der Waals surface area contributed by atoms with Crippen molar-refractivity contribution < 1.29 is 14.4 Å². The number of aryl methyl sites for hydroxylation is 1. The normalized spacial score (nSPS) is 12.1.